The molecule has 4 heterocycles. The lowest BCUT2D eigenvalue weighted by molar-refractivity contribution is -0.137. The van der Waals surface area contributed by atoms with Crippen molar-refractivity contribution < 1.29 is 30.4 Å². The monoisotopic (exact) mass is 581 g/mol. The quantitative estimate of drug-likeness (QED) is 0.257. The fourth-order valence-electron chi connectivity index (χ4n) is 4.07. The van der Waals surface area contributed by atoms with Crippen molar-refractivity contribution in [2.75, 3.05) is 33.2 Å². The van der Waals surface area contributed by atoms with Gasteiger partial charge in [0.2, 0.25) is 0 Å². The zero-order chi connectivity index (χ0) is 27.9. The van der Waals surface area contributed by atoms with E-state index in [0.29, 0.717) is 31.1 Å². The average Bonchev–Trinajstić information content (AvgIpc) is 3.52. The number of benzene rings is 1. The molecule has 0 saturated carbocycles. The third-order valence-corrected chi connectivity index (χ3v) is 9.57. The maximum absolute atomic E-state index is 13.7. The van der Waals surface area contributed by atoms with Crippen molar-refractivity contribution in [2.24, 2.45) is 0 Å². The largest absolute Gasteiger partial charge is 0.416 e. The van der Waals surface area contributed by atoms with Gasteiger partial charge in [-0.05, 0) is 37.4 Å². The lowest BCUT2D eigenvalue weighted by Gasteiger charge is -2.31. The molecule has 1 aliphatic rings. The number of sulfonamides is 1. The van der Waals surface area contributed by atoms with E-state index in [4.69, 9.17) is 0 Å². The number of alkyl halides is 5. The van der Waals surface area contributed by atoms with Crippen molar-refractivity contribution in [2.45, 2.75) is 16.8 Å². The van der Waals surface area contributed by atoms with Crippen LogP contribution in [0.15, 0.2) is 52.9 Å². The van der Waals surface area contributed by atoms with E-state index in [-0.39, 0.29) is 26.7 Å². The second kappa shape index (κ2) is 10.3. The molecule has 0 aliphatic carbocycles. The summed E-state index contributed by atoms with van der Waals surface area (Å²) in [5.41, 5.74) is -0.924. The molecule has 1 aliphatic heterocycles. The third-order valence-electron chi connectivity index (χ3n) is 6.21. The predicted molar refractivity (Wildman–Crippen MR) is 135 cm³/mol. The lowest BCUT2D eigenvalue weighted by Crippen LogP contribution is -2.46. The molecule has 39 heavy (non-hydrogen) atoms. The molecule has 1 saturated heterocycles. The molecule has 0 radical (unpaired) electrons. The Morgan fingerprint density at radius 2 is 1.67 bits per heavy atom. The van der Waals surface area contributed by atoms with Gasteiger partial charge in [0.05, 0.1) is 16.0 Å². The summed E-state index contributed by atoms with van der Waals surface area (Å²) in [6, 6.07) is 8.20. The third kappa shape index (κ3) is 5.40. The summed E-state index contributed by atoms with van der Waals surface area (Å²) in [6.45, 7) is 1.97. The summed E-state index contributed by atoms with van der Waals surface area (Å²) in [5, 5.41) is 4.21. The second-order valence-electron chi connectivity index (χ2n) is 8.78. The molecule has 204 valence electrons. The van der Waals surface area contributed by atoms with Crippen LogP contribution in [-0.2, 0) is 16.2 Å². The Labute approximate surface area is 224 Å². The Morgan fingerprint density at radius 3 is 2.31 bits per heavy atom. The first kappa shape index (κ1) is 27.2. The van der Waals surface area contributed by atoms with Crippen LogP contribution in [0.4, 0.5) is 22.0 Å². The van der Waals surface area contributed by atoms with Gasteiger partial charge in [-0.25, -0.2) is 26.7 Å². The Kier molecular flexibility index (Phi) is 7.19. The smallest absolute Gasteiger partial charge is 0.304 e. The number of rotatable bonds is 4. The molecule has 0 atom stereocenters. The topological polar surface area (TPSA) is 70.8 Å². The molecule has 0 bridgehead atoms. The molecule has 0 N–H and O–H groups in total. The Hall–Kier alpha value is -3.38. The average molecular weight is 582 g/mol. The highest BCUT2D eigenvalue weighted by Crippen LogP contribution is 2.33. The van der Waals surface area contributed by atoms with Gasteiger partial charge in [0, 0.05) is 37.9 Å². The molecule has 1 fully saturated rings. The molecule has 5 rings (SSSR count). The molecule has 14 heteroatoms. The number of thiophene rings is 1. The van der Waals surface area contributed by atoms with Crippen molar-refractivity contribution in [3.8, 4) is 23.1 Å². The van der Waals surface area contributed by atoms with Gasteiger partial charge >= 0.3 is 6.18 Å². The molecule has 3 aromatic heterocycles. The van der Waals surface area contributed by atoms with Gasteiger partial charge in [-0.15, -0.1) is 11.3 Å². The van der Waals surface area contributed by atoms with E-state index < -0.39 is 33.9 Å². The summed E-state index contributed by atoms with van der Waals surface area (Å²) in [5.74, 6) is 5.70. The van der Waals surface area contributed by atoms with Gasteiger partial charge in [-0.2, -0.15) is 22.6 Å². The van der Waals surface area contributed by atoms with Gasteiger partial charge < -0.3 is 4.90 Å². The molecule has 0 amide bonds. The molecule has 7 nitrogen and oxygen atoms in total. The Bertz CT molecular complexity index is 1680. The SMILES string of the molecule is CN1CCN(S(=O)(=O)c2ccc(C#Cc3c(-c4ccc(C(F)(F)F)cc4)nn4c(C(F)F)ccnc34)s2)CC1. The summed E-state index contributed by atoms with van der Waals surface area (Å²) in [6.07, 6.45) is -6.27. The number of hydrogen-bond acceptors (Lipinski definition) is 6. The van der Waals surface area contributed by atoms with Gasteiger partial charge in [0.15, 0.2) is 5.65 Å². The highest BCUT2D eigenvalue weighted by atomic mass is 32.2. The zero-order valence-corrected chi connectivity index (χ0v) is 21.9. The maximum atomic E-state index is 13.7. The first-order chi connectivity index (χ1) is 18.4. The number of aromatic nitrogens is 3. The van der Waals surface area contributed by atoms with Crippen molar-refractivity contribution in [1.82, 2.24) is 23.8 Å². The number of nitrogens with zero attached hydrogens (tertiary/aromatic N) is 5. The minimum atomic E-state index is -4.55. The van der Waals surface area contributed by atoms with E-state index in [1.54, 1.807) is 6.07 Å². The first-order valence-electron chi connectivity index (χ1n) is 11.6. The van der Waals surface area contributed by atoms with E-state index in [1.165, 1.54) is 28.7 Å². The van der Waals surface area contributed by atoms with Gasteiger partial charge in [0.1, 0.15) is 15.6 Å². The van der Waals surface area contributed by atoms with Crippen molar-refractivity contribution in [3.05, 3.63) is 70.4 Å². The number of hydrogen-bond donors (Lipinski definition) is 0. The highest BCUT2D eigenvalue weighted by Gasteiger charge is 2.31. The predicted octanol–water partition coefficient (Wildman–Crippen LogP) is 4.75. The number of halogens is 5. The van der Waals surface area contributed by atoms with E-state index in [0.717, 1.165) is 34.1 Å². The van der Waals surface area contributed by atoms with Crippen LogP contribution >= 0.6 is 11.3 Å². The van der Waals surface area contributed by atoms with Crippen LogP contribution < -0.4 is 0 Å². The molecule has 1 aromatic carbocycles. The van der Waals surface area contributed by atoms with Crippen LogP contribution in [0, 0.1) is 11.8 Å². The zero-order valence-electron chi connectivity index (χ0n) is 20.3. The normalized spacial score (nSPS) is 15.6. The number of fused-ring (bicyclic) bond motifs is 1. The van der Waals surface area contributed by atoms with E-state index >= 15 is 0 Å². The van der Waals surface area contributed by atoms with Crippen LogP contribution in [0.1, 0.15) is 28.1 Å². The van der Waals surface area contributed by atoms with Crippen LogP contribution in [-0.4, -0.2) is 65.4 Å². The van der Waals surface area contributed by atoms with Gasteiger partial charge in [-0.1, -0.05) is 24.0 Å². The standard InChI is InChI=1S/C25H20F5N5O2S2/c1-33-12-14-34(15-13-33)39(36,37)21-9-7-18(38-21)6-8-19-22(16-2-4-17(5-3-16)25(28,29)30)32-35-20(23(26)27)10-11-31-24(19)35/h2-5,7,9-11,23H,12-15H2,1H3. The van der Waals surface area contributed by atoms with Crippen molar-refractivity contribution in [1.29, 1.82) is 0 Å². The van der Waals surface area contributed by atoms with Gasteiger partial charge in [-0.3, -0.25) is 0 Å². The molecular weight excluding hydrogens is 561 g/mol. The molecule has 0 spiro atoms. The summed E-state index contributed by atoms with van der Waals surface area (Å²) in [4.78, 5) is 6.56. The summed E-state index contributed by atoms with van der Waals surface area (Å²) in [7, 11) is -1.78. The summed E-state index contributed by atoms with van der Waals surface area (Å²) >= 11 is 0.966. The van der Waals surface area contributed by atoms with E-state index in [2.05, 4.69) is 21.9 Å². The molecule has 4 aromatic rings. The van der Waals surface area contributed by atoms with E-state index in [1.807, 2.05) is 11.9 Å². The van der Waals surface area contributed by atoms with E-state index in [9.17, 15) is 30.4 Å². The molecular formula is C25H20F5N5O2S2. The van der Waals surface area contributed by atoms with Crippen LogP contribution in [0.2, 0.25) is 0 Å². The number of piperazine rings is 1. The maximum Gasteiger partial charge on any atom is 0.416 e. The van der Waals surface area contributed by atoms with Crippen LogP contribution in [0.25, 0.3) is 16.9 Å². The van der Waals surface area contributed by atoms with Crippen molar-refractivity contribution in [3.63, 3.8) is 0 Å². The highest BCUT2D eigenvalue weighted by molar-refractivity contribution is 7.91. The minimum absolute atomic E-state index is 0.00274. The second-order valence-corrected chi connectivity index (χ2v) is 12.0. The molecule has 0 unspecified atom stereocenters. The van der Waals surface area contributed by atoms with Crippen LogP contribution in [0.5, 0.6) is 0 Å². The van der Waals surface area contributed by atoms with Crippen molar-refractivity contribution >= 4 is 27.0 Å². The number of likely N-dealkylation sites (N-methyl/N-ethyl adjacent to an activating group) is 1. The fourth-order valence-corrected chi connectivity index (χ4v) is 6.80. The van der Waals surface area contributed by atoms with Gasteiger partial charge in [0.25, 0.3) is 16.4 Å². The lowest BCUT2D eigenvalue weighted by atomic mass is 10.1. The first-order valence-corrected chi connectivity index (χ1v) is 13.8. The Balaban J connectivity index is 1.55. The Morgan fingerprint density at radius 1 is 0.974 bits per heavy atom. The van der Waals surface area contributed by atoms with Crippen LogP contribution in [0.3, 0.4) is 0 Å². The fraction of sp³-hybridized carbons (Fsp3) is 0.280. The summed E-state index contributed by atoms with van der Waals surface area (Å²) < 4.78 is 95.0. The minimum Gasteiger partial charge on any atom is -0.304 e.